The van der Waals surface area contributed by atoms with Crippen LogP contribution in [0.5, 0.6) is 5.75 Å². The fraction of sp³-hybridized carbons (Fsp3) is 0.167. The van der Waals surface area contributed by atoms with Crippen molar-refractivity contribution in [1.82, 2.24) is 0 Å². The van der Waals surface area contributed by atoms with Crippen molar-refractivity contribution >= 4 is 5.97 Å². The molecule has 0 unspecified atom stereocenters. The van der Waals surface area contributed by atoms with Gasteiger partial charge in [-0.1, -0.05) is 31.7 Å². The molecule has 0 aliphatic heterocycles. The van der Waals surface area contributed by atoms with Crippen LogP contribution >= 0.6 is 0 Å². The third kappa shape index (κ3) is 2.68. The second-order valence-corrected chi connectivity index (χ2v) is 2.94. The molecule has 0 saturated heterocycles. The molecule has 0 amide bonds. The summed E-state index contributed by atoms with van der Waals surface area (Å²) in [5, 5.41) is 8.46. The fourth-order valence-electron chi connectivity index (χ4n) is 1.10. The van der Waals surface area contributed by atoms with Crippen molar-refractivity contribution in [3.05, 3.63) is 42.0 Å². The first-order valence-electron chi connectivity index (χ1n) is 4.58. The van der Waals surface area contributed by atoms with E-state index in [2.05, 4.69) is 6.58 Å². The van der Waals surface area contributed by atoms with E-state index in [9.17, 15) is 4.79 Å². The molecule has 0 aromatic heterocycles. The van der Waals surface area contributed by atoms with E-state index >= 15 is 0 Å². The molecule has 1 aromatic rings. The lowest BCUT2D eigenvalue weighted by Gasteiger charge is -2.06. The number of para-hydroxylation sites is 1. The van der Waals surface area contributed by atoms with Crippen LogP contribution in [0.2, 0.25) is 0 Å². The van der Waals surface area contributed by atoms with Crippen LogP contribution in [0.15, 0.2) is 36.4 Å². The smallest absolute Gasteiger partial charge is 0.353 e. The lowest BCUT2D eigenvalue weighted by atomic mass is 10.1. The molecular formula is C12H11NO2. The van der Waals surface area contributed by atoms with E-state index in [1.165, 1.54) is 0 Å². The van der Waals surface area contributed by atoms with Crippen LogP contribution in [-0.2, 0) is 11.2 Å². The summed E-state index contributed by atoms with van der Waals surface area (Å²) in [4.78, 5) is 11.3. The zero-order valence-corrected chi connectivity index (χ0v) is 8.49. The van der Waals surface area contributed by atoms with E-state index in [1.807, 2.05) is 19.1 Å². The summed E-state index contributed by atoms with van der Waals surface area (Å²) >= 11 is 0. The Morgan fingerprint density at radius 1 is 1.53 bits per heavy atom. The number of nitrogens with zero attached hydrogens (tertiary/aromatic N) is 1. The Morgan fingerprint density at radius 2 is 2.20 bits per heavy atom. The SMILES string of the molecule is C=C(C#N)C(=O)Oc1ccccc1CC. The lowest BCUT2D eigenvalue weighted by molar-refractivity contribution is -0.129. The number of nitriles is 1. The average molecular weight is 201 g/mol. The van der Waals surface area contributed by atoms with Crippen LogP contribution in [0.3, 0.4) is 0 Å². The summed E-state index contributed by atoms with van der Waals surface area (Å²) in [5.74, 6) is -0.209. The summed E-state index contributed by atoms with van der Waals surface area (Å²) in [6, 6.07) is 8.87. The monoisotopic (exact) mass is 201 g/mol. The fourth-order valence-corrected chi connectivity index (χ4v) is 1.10. The van der Waals surface area contributed by atoms with Crippen molar-refractivity contribution < 1.29 is 9.53 Å². The van der Waals surface area contributed by atoms with Crippen LogP contribution < -0.4 is 4.74 Å². The first kappa shape index (κ1) is 11.0. The molecule has 76 valence electrons. The van der Waals surface area contributed by atoms with E-state index < -0.39 is 5.97 Å². The summed E-state index contributed by atoms with van der Waals surface area (Å²) in [7, 11) is 0. The number of hydrogen-bond donors (Lipinski definition) is 0. The molecule has 0 atom stereocenters. The van der Waals surface area contributed by atoms with Gasteiger partial charge >= 0.3 is 5.97 Å². The first-order valence-corrected chi connectivity index (χ1v) is 4.58. The minimum Gasteiger partial charge on any atom is -0.422 e. The van der Waals surface area contributed by atoms with Gasteiger partial charge in [0.25, 0.3) is 0 Å². The van der Waals surface area contributed by atoms with Gasteiger partial charge < -0.3 is 4.74 Å². The number of esters is 1. The highest BCUT2D eigenvalue weighted by Gasteiger charge is 2.10. The molecule has 15 heavy (non-hydrogen) atoms. The van der Waals surface area contributed by atoms with Gasteiger partial charge in [0.2, 0.25) is 0 Å². The second kappa shape index (κ2) is 4.97. The van der Waals surface area contributed by atoms with Crippen molar-refractivity contribution in [2.24, 2.45) is 0 Å². The van der Waals surface area contributed by atoms with Gasteiger partial charge in [-0.05, 0) is 18.1 Å². The highest BCUT2D eigenvalue weighted by atomic mass is 16.5. The summed E-state index contributed by atoms with van der Waals surface area (Å²) < 4.78 is 5.03. The molecule has 1 aromatic carbocycles. The Morgan fingerprint density at radius 3 is 2.80 bits per heavy atom. The zero-order valence-electron chi connectivity index (χ0n) is 8.49. The molecule has 0 radical (unpaired) electrons. The number of rotatable bonds is 3. The van der Waals surface area contributed by atoms with Gasteiger partial charge in [-0.25, -0.2) is 4.79 Å². The Labute approximate surface area is 88.6 Å². The molecule has 0 spiro atoms. The largest absolute Gasteiger partial charge is 0.422 e. The first-order chi connectivity index (χ1) is 7.19. The molecular weight excluding hydrogens is 190 g/mol. The van der Waals surface area contributed by atoms with Gasteiger partial charge in [-0.3, -0.25) is 0 Å². The van der Waals surface area contributed by atoms with Crippen LogP contribution in [0.1, 0.15) is 12.5 Å². The predicted octanol–water partition coefficient (Wildman–Crippen LogP) is 2.23. The maximum atomic E-state index is 11.3. The van der Waals surface area contributed by atoms with Crippen LogP contribution in [0.25, 0.3) is 0 Å². The minimum absolute atomic E-state index is 0.194. The van der Waals surface area contributed by atoms with Gasteiger partial charge in [0, 0.05) is 0 Å². The van der Waals surface area contributed by atoms with E-state index in [1.54, 1.807) is 18.2 Å². The number of ether oxygens (including phenoxy) is 1. The van der Waals surface area contributed by atoms with Crippen molar-refractivity contribution in [1.29, 1.82) is 5.26 Å². The van der Waals surface area contributed by atoms with Crippen LogP contribution in [0.4, 0.5) is 0 Å². The predicted molar refractivity (Wildman–Crippen MR) is 56.2 cm³/mol. The highest BCUT2D eigenvalue weighted by molar-refractivity contribution is 5.93. The molecule has 0 N–H and O–H groups in total. The van der Waals surface area contributed by atoms with Crippen molar-refractivity contribution in [2.75, 3.05) is 0 Å². The zero-order chi connectivity index (χ0) is 11.3. The van der Waals surface area contributed by atoms with Crippen LogP contribution in [-0.4, -0.2) is 5.97 Å². The Bertz CT molecular complexity index is 429. The minimum atomic E-state index is -0.696. The molecule has 0 bridgehead atoms. The van der Waals surface area contributed by atoms with Crippen molar-refractivity contribution in [3.63, 3.8) is 0 Å². The van der Waals surface area contributed by atoms with Gasteiger partial charge in [0.1, 0.15) is 17.4 Å². The molecule has 3 heteroatoms. The number of aryl methyl sites for hydroxylation is 1. The quantitative estimate of drug-likeness (QED) is 0.326. The molecule has 0 heterocycles. The highest BCUT2D eigenvalue weighted by Crippen LogP contribution is 2.19. The third-order valence-corrected chi connectivity index (χ3v) is 1.94. The Balaban J connectivity index is 2.86. The standard InChI is InChI=1S/C12H11NO2/c1-3-10-6-4-5-7-11(10)15-12(14)9(2)8-13/h4-7H,2-3H2,1H3. The van der Waals surface area contributed by atoms with Gasteiger partial charge in [0.05, 0.1) is 0 Å². The number of hydrogen-bond acceptors (Lipinski definition) is 3. The molecule has 1 rings (SSSR count). The Hall–Kier alpha value is -2.08. The van der Waals surface area contributed by atoms with E-state index in [4.69, 9.17) is 10.00 Å². The number of carbonyl (C=O) groups is 1. The maximum absolute atomic E-state index is 11.3. The third-order valence-electron chi connectivity index (χ3n) is 1.94. The van der Waals surface area contributed by atoms with Gasteiger partial charge in [-0.15, -0.1) is 0 Å². The summed E-state index contributed by atoms with van der Waals surface area (Å²) in [6.45, 7) is 5.25. The van der Waals surface area contributed by atoms with Crippen LogP contribution in [0, 0.1) is 11.3 Å². The van der Waals surface area contributed by atoms with Gasteiger partial charge in [0.15, 0.2) is 0 Å². The second-order valence-electron chi connectivity index (χ2n) is 2.94. The van der Waals surface area contributed by atoms with E-state index in [-0.39, 0.29) is 5.57 Å². The number of carbonyl (C=O) groups excluding carboxylic acids is 1. The molecule has 0 saturated carbocycles. The molecule has 3 nitrogen and oxygen atoms in total. The van der Waals surface area contributed by atoms with E-state index in [0.717, 1.165) is 12.0 Å². The summed E-state index contributed by atoms with van der Waals surface area (Å²) in [5.41, 5.74) is 0.734. The molecule has 0 fully saturated rings. The topological polar surface area (TPSA) is 50.1 Å². The Kier molecular flexibility index (Phi) is 3.64. The normalized spacial score (nSPS) is 9.07. The average Bonchev–Trinajstić information content (AvgIpc) is 2.28. The maximum Gasteiger partial charge on any atom is 0.353 e. The van der Waals surface area contributed by atoms with Crippen molar-refractivity contribution in [2.45, 2.75) is 13.3 Å². The summed E-state index contributed by atoms with van der Waals surface area (Å²) in [6.07, 6.45) is 0.766. The number of benzene rings is 1. The van der Waals surface area contributed by atoms with E-state index in [0.29, 0.717) is 5.75 Å². The van der Waals surface area contributed by atoms with Gasteiger partial charge in [-0.2, -0.15) is 5.26 Å². The molecule has 0 aliphatic rings. The van der Waals surface area contributed by atoms with Crippen molar-refractivity contribution in [3.8, 4) is 11.8 Å². The lowest BCUT2D eigenvalue weighted by Crippen LogP contribution is -2.10. The molecule has 0 aliphatic carbocycles.